The fourth-order valence-corrected chi connectivity index (χ4v) is 1.73. The fourth-order valence-electron chi connectivity index (χ4n) is 1.10. The van der Waals surface area contributed by atoms with Crippen LogP contribution in [-0.2, 0) is 10.8 Å². The molecule has 0 saturated carbocycles. The maximum absolute atomic E-state index is 11.0. The maximum atomic E-state index is 11.0. The maximum Gasteiger partial charge on any atom is 0.0360 e. The van der Waals surface area contributed by atoms with Crippen LogP contribution in [0.2, 0.25) is 0 Å². The number of nitrogens with one attached hydrogen (secondary N) is 1. The molecule has 0 fully saturated rings. The first-order chi connectivity index (χ1) is 5.74. The van der Waals surface area contributed by atoms with E-state index in [1.807, 2.05) is 6.92 Å². The van der Waals surface area contributed by atoms with Crippen LogP contribution in [0.3, 0.4) is 0 Å². The van der Waals surface area contributed by atoms with E-state index in [1.54, 1.807) is 0 Å². The van der Waals surface area contributed by atoms with Gasteiger partial charge in [-0.15, -0.1) is 0 Å². The Kier molecular flexibility index (Phi) is 7.81. The van der Waals surface area contributed by atoms with Crippen LogP contribution in [0, 0.1) is 0 Å². The highest BCUT2D eigenvalue weighted by atomic mass is 32.2. The van der Waals surface area contributed by atoms with E-state index in [-0.39, 0.29) is 0 Å². The van der Waals surface area contributed by atoms with E-state index in [9.17, 15) is 4.21 Å². The van der Waals surface area contributed by atoms with Gasteiger partial charge in [-0.1, -0.05) is 20.8 Å². The Labute approximate surface area is 78.6 Å². The fraction of sp³-hybridized carbons (Fsp3) is 1.00. The SMILES string of the molecule is CCC(CC)NCCS(=O)CC. The van der Waals surface area contributed by atoms with E-state index in [0.29, 0.717) is 6.04 Å². The molecule has 0 aromatic rings. The first-order valence-electron chi connectivity index (χ1n) is 4.82. The van der Waals surface area contributed by atoms with Crippen molar-refractivity contribution in [3.05, 3.63) is 0 Å². The molecule has 0 amide bonds. The average molecular weight is 191 g/mol. The van der Waals surface area contributed by atoms with Crippen molar-refractivity contribution in [2.45, 2.75) is 39.7 Å². The predicted molar refractivity (Wildman–Crippen MR) is 55.9 cm³/mol. The molecule has 1 N–H and O–H groups in total. The lowest BCUT2D eigenvalue weighted by atomic mass is 10.2. The molecule has 0 aromatic carbocycles. The van der Waals surface area contributed by atoms with Gasteiger partial charge in [0.1, 0.15) is 0 Å². The summed E-state index contributed by atoms with van der Waals surface area (Å²) in [5, 5.41) is 3.39. The van der Waals surface area contributed by atoms with Gasteiger partial charge >= 0.3 is 0 Å². The molecule has 0 aromatic heterocycles. The average Bonchev–Trinajstić information content (AvgIpc) is 2.12. The van der Waals surface area contributed by atoms with Crippen molar-refractivity contribution in [3.63, 3.8) is 0 Å². The molecule has 0 saturated heterocycles. The second kappa shape index (κ2) is 7.74. The zero-order chi connectivity index (χ0) is 9.40. The monoisotopic (exact) mass is 191 g/mol. The van der Waals surface area contributed by atoms with E-state index < -0.39 is 10.8 Å². The third-order valence-electron chi connectivity index (χ3n) is 2.07. The van der Waals surface area contributed by atoms with Crippen molar-refractivity contribution >= 4 is 10.8 Å². The lowest BCUT2D eigenvalue weighted by Gasteiger charge is -2.13. The van der Waals surface area contributed by atoms with Crippen LogP contribution >= 0.6 is 0 Å². The molecular weight excluding hydrogens is 170 g/mol. The third-order valence-corrected chi connectivity index (χ3v) is 3.37. The van der Waals surface area contributed by atoms with Crippen LogP contribution in [0.5, 0.6) is 0 Å². The Morgan fingerprint density at radius 1 is 1.25 bits per heavy atom. The standard InChI is InChI=1S/C9H21NOS/c1-4-9(5-2)10-7-8-12(11)6-3/h9-10H,4-8H2,1-3H3. The molecule has 0 aliphatic heterocycles. The minimum atomic E-state index is -0.610. The molecule has 0 radical (unpaired) electrons. The molecule has 74 valence electrons. The Hall–Kier alpha value is 0.110. The first kappa shape index (κ1) is 12.1. The molecule has 3 heteroatoms. The van der Waals surface area contributed by atoms with Gasteiger partial charge in [-0.05, 0) is 12.8 Å². The number of hydrogen-bond donors (Lipinski definition) is 1. The summed E-state index contributed by atoms with van der Waals surface area (Å²) in [6, 6.07) is 0.610. The van der Waals surface area contributed by atoms with Crippen LogP contribution in [0.15, 0.2) is 0 Å². The van der Waals surface area contributed by atoms with Gasteiger partial charge in [0.05, 0.1) is 0 Å². The minimum absolute atomic E-state index is 0.610. The topological polar surface area (TPSA) is 29.1 Å². The van der Waals surface area contributed by atoms with Crippen molar-refractivity contribution in [2.24, 2.45) is 0 Å². The molecule has 0 aliphatic carbocycles. The number of rotatable bonds is 7. The van der Waals surface area contributed by atoms with Crippen molar-refractivity contribution in [2.75, 3.05) is 18.1 Å². The Balaban J connectivity index is 3.34. The molecule has 1 unspecified atom stereocenters. The smallest absolute Gasteiger partial charge is 0.0360 e. The highest BCUT2D eigenvalue weighted by Crippen LogP contribution is 1.94. The number of hydrogen-bond acceptors (Lipinski definition) is 2. The van der Waals surface area contributed by atoms with Crippen LogP contribution < -0.4 is 5.32 Å². The summed E-state index contributed by atoms with van der Waals surface area (Å²) < 4.78 is 11.0. The zero-order valence-electron chi connectivity index (χ0n) is 8.43. The van der Waals surface area contributed by atoms with E-state index in [0.717, 1.165) is 30.9 Å². The normalized spacial score (nSPS) is 13.7. The summed E-state index contributed by atoms with van der Waals surface area (Å²) >= 11 is 0. The summed E-state index contributed by atoms with van der Waals surface area (Å²) in [6.45, 7) is 7.22. The lowest BCUT2D eigenvalue weighted by Crippen LogP contribution is -2.31. The van der Waals surface area contributed by atoms with Crippen molar-refractivity contribution < 1.29 is 4.21 Å². The molecule has 0 spiro atoms. The second-order valence-corrected chi connectivity index (χ2v) is 4.77. The van der Waals surface area contributed by atoms with Crippen molar-refractivity contribution in [1.29, 1.82) is 0 Å². The molecule has 1 atom stereocenters. The quantitative estimate of drug-likeness (QED) is 0.661. The van der Waals surface area contributed by atoms with Crippen LogP contribution in [-0.4, -0.2) is 28.3 Å². The zero-order valence-corrected chi connectivity index (χ0v) is 9.25. The summed E-state index contributed by atoms with van der Waals surface area (Å²) in [4.78, 5) is 0. The van der Waals surface area contributed by atoms with E-state index in [4.69, 9.17) is 0 Å². The van der Waals surface area contributed by atoms with Crippen molar-refractivity contribution in [3.8, 4) is 0 Å². The van der Waals surface area contributed by atoms with E-state index in [1.165, 1.54) is 0 Å². The van der Waals surface area contributed by atoms with Gasteiger partial charge in [0, 0.05) is 34.9 Å². The summed E-state index contributed by atoms with van der Waals surface area (Å²) in [7, 11) is -0.610. The Morgan fingerprint density at radius 2 is 1.83 bits per heavy atom. The largest absolute Gasteiger partial charge is 0.313 e. The molecule has 0 bridgehead atoms. The molecule has 0 heterocycles. The predicted octanol–water partition coefficient (Wildman–Crippen LogP) is 1.53. The van der Waals surface area contributed by atoms with Gasteiger partial charge in [0.15, 0.2) is 0 Å². The summed E-state index contributed by atoms with van der Waals surface area (Å²) in [5.41, 5.74) is 0. The van der Waals surface area contributed by atoms with Gasteiger partial charge in [0.25, 0.3) is 0 Å². The molecule has 2 nitrogen and oxygen atoms in total. The van der Waals surface area contributed by atoms with E-state index >= 15 is 0 Å². The summed E-state index contributed by atoms with van der Waals surface area (Å²) in [5.74, 6) is 1.58. The van der Waals surface area contributed by atoms with Gasteiger partial charge in [-0.3, -0.25) is 4.21 Å². The summed E-state index contributed by atoms with van der Waals surface area (Å²) in [6.07, 6.45) is 2.32. The highest BCUT2D eigenvalue weighted by Gasteiger charge is 2.02. The minimum Gasteiger partial charge on any atom is -0.313 e. The third kappa shape index (κ3) is 5.72. The van der Waals surface area contributed by atoms with Gasteiger partial charge in [-0.25, -0.2) is 0 Å². The first-order valence-corrected chi connectivity index (χ1v) is 6.31. The highest BCUT2D eigenvalue weighted by molar-refractivity contribution is 7.84. The van der Waals surface area contributed by atoms with Crippen LogP contribution in [0.1, 0.15) is 33.6 Å². The van der Waals surface area contributed by atoms with Gasteiger partial charge in [-0.2, -0.15) is 0 Å². The van der Waals surface area contributed by atoms with E-state index in [2.05, 4.69) is 19.2 Å². The lowest BCUT2D eigenvalue weighted by molar-refractivity contribution is 0.500. The molecule has 0 rings (SSSR count). The molecular formula is C9H21NOS. The Bertz CT molecular complexity index is 124. The molecule has 12 heavy (non-hydrogen) atoms. The Morgan fingerprint density at radius 3 is 2.25 bits per heavy atom. The van der Waals surface area contributed by atoms with Gasteiger partial charge in [0.2, 0.25) is 0 Å². The second-order valence-electron chi connectivity index (χ2n) is 2.90. The van der Waals surface area contributed by atoms with Crippen LogP contribution in [0.4, 0.5) is 0 Å². The van der Waals surface area contributed by atoms with Gasteiger partial charge < -0.3 is 5.32 Å². The van der Waals surface area contributed by atoms with Crippen LogP contribution in [0.25, 0.3) is 0 Å². The van der Waals surface area contributed by atoms with Crippen molar-refractivity contribution in [1.82, 2.24) is 5.32 Å². The molecule has 0 aliphatic rings.